The van der Waals surface area contributed by atoms with Gasteiger partial charge >= 0.3 is 0 Å². The summed E-state index contributed by atoms with van der Waals surface area (Å²) >= 11 is 3.43. The van der Waals surface area contributed by atoms with Gasteiger partial charge in [-0.1, -0.05) is 58.4 Å². The maximum atomic E-state index is 5.76. The Morgan fingerprint density at radius 1 is 0.731 bits per heavy atom. The Morgan fingerprint density at radius 3 is 2.12 bits per heavy atom. The highest BCUT2D eigenvalue weighted by Crippen LogP contribution is 2.22. The molecule has 26 heavy (non-hydrogen) atoms. The summed E-state index contributed by atoms with van der Waals surface area (Å²) in [5, 5.41) is 7.00. The highest BCUT2D eigenvalue weighted by molar-refractivity contribution is 9.10. The van der Waals surface area contributed by atoms with E-state index in [0.29, 0.717) is 6.61 Å². The van der Waals surface area contributed by atoms with Crippen LogP contribution in [-0.2, 0) is 6.54 Å². The van der Waals surface area contributed by atoms with E-state index in [0.717, 1.165) is 41.1 Å². The lowest BCUT2D eigenvalue weighted by atomic mass is 10.2. The summed E-state index contributed by atoms with van der Waals surface area (Å²) < 4.78 is 6.82. The van der Waals surface area contributed by atoms with Crippen molar-refractivity contribution < 1.29 is 4.74 Å². The molecule has 0 atom stereocenters. The molecule has 4 heteroatoms. The Bertz CT molecular complexity index is 791. The molecule has 0 aliphatic heterocycles. The van der Waals surface area contributed by atoms with E-state index in [1.807, 2.05) is 36.4 Å². The van der Waals surface area contributed by atoms with E-state index in [1.54, 1.807) is 0 Å². The minimum atomic E-state index is 0.689. The zero-order chi connectivity index (χ0) is 18.0. The molecule has 0 spiro atoms. The van der Waals surface area contributed by atoms with E-state index in [9.17, 15) is 0 Å². The number of rotatable bonds is 9. The molecule has 2 N–H and O–H groups in total. The van der Waals surface area contributed by atoms with Crippen LogP contribution in [0, 0.1) is 0 Å². The smallest absolute Gasteiger partial charge is 0.119 e. The summed E-state index contributed by atoms with van der Waals surface area (Å²) in [6.07, 6.45) is 0.934. The van der Waals surface area contributed by atoms with Crippen LogP contribution in [0.4, 0.5) is 11.4 Å². The van der Waals surface area contributed by atoms with E-state index in [2.05, 4.69) is 69.0 Å². The van der Waals surface area contributed by atoms with Gasteiger partial charge in [-0.15, -0.1) is 0 Å². The van der Waals surface area contributed by atoms with E-state index in [4.69, 9.17) is 4.74 Å². The highest BCUT2D eigenvalue weighted by atomic mass is 79.9. The molecule has 3 aromatic rings. The molecule has 0 bridgehead atoms. The molecule has 0 radical (unpaired) electrons. The van der Waals surface area contributed by atoms with Gasteiger partial charge < -0.3 is 15.4 Å². The van der Waals surface area contributed by atoms with Crippen molar-refractivity contribution in [1.29, 1.82) is 0 Å². The summed E-state index contributed by atoms with van der Waals surface area (Å²) in [4.78, 5) is 0. The Kier molecular flexibility index (Phi) is 6.96. The molecule has 0 saturated carbocycles. The average Bonchev–Trinajstić information content (AvgIpc) is 2.69. The van der Waals surface area contributed by atoms with E-state index < -0.39 is 0 Å². The second-order valence-corrected chi connectivity index (χ2v) is 6.88. The van der Waals surface area contributed by atoms with Crippen molar-refractivity contribution in [2.75, 3.05) is 23.8 Å². The van der Waals surface area contributed by atoms with Crippen molar-refractivity contribution in [2.45, 2.75) is 13.0 Å². The normalized spacial score (nSPS) is 10.3. The minimum Gasteiger partial charge on any atom is -0.494 e. The highest BCUT2D eigenvalue weighted by Gasteiger charge is 2.01. The quantitative estimate of drug-likeness (QED) is 0.428. The zero-order valence-electron chi connectivity index (χ0n) is 14.6. The topological polar surface area (TPSA) is 33.3 Å². The second-order valence-electron chi connectivity index (χ2n) is 5.97. The van der Waals surface area contributed by atoms with Gasteiger partial charge in [0.1, 0.15) is 5.75 Å². The molecule has 0 aliphatic rings. The fourth-order valence-corrected chi connectivity index (χ4v) is 2.86. The van der Waals surface area contributed by atoms with Gasteiger partial charge in [-0.2, -0.15) is 0 Å². The summed E-state index contributed by atoms with van der Waals surface area (Å²) in [6.45, 7) is 2.36. The third kappa shape index (κ3) is 5.81. The van der Waals surface area contributed by atoms with Gasteiger partial charge in [0.15, 0.2) is 0 Å². The van der Waals surface area contributed by atoms with Crippen molar-refractivity contribution in [2.24, 2.45) is 0 Å². The first-order chi connectivity index (χ1) is 12.8. The summed E-state index contributed by atoms with van der Waals surface area (Å²) in [5.41, 5.74) is 3.50. The first kappa shape index (κ1) is 18.3. The van der Waals surface area contributed by atoms with Crippen LogP contribution in [0.5, 0.6) is 5.75 Å². The Morgan fingerprint density at radius 2 is 1.38 bits per heavy atom. The lowest BCUT2D eigenvalue weighted by Gasteiger charge is -2.14. The molecular weight excluding hydrogens is 388 g/mol. The number of benzene rings is 3. The fourth-order valence-electron chi connectivity index (χ4n) is 2.60. The molecular formula is C22H23BrN2O. The third-order valence-corrected chi connectivity index (χ3v) is 4.50. The number of ether oxygens (including phenoxy) is 1. The maximum Gasteiger partial charge on any atom is 0.119 e. The lowest BCUT2D eigenvalue weighted by Crippen LogP contribution is -2.09. The molecule has 0 aliphatic carbocycles. The average molecular weight is 411 g/mol. The van der Waals surface area contributed by atoms with Crippen LogP contribution in [0.3, 0.4) is 0 Å². The predicted molar refractivity (Wildman–Crippen MR) is 113 cm³/mol. The Hall–Kier alpha value is -2.46. The molecule has 0 saturated heterocycles. The van der Waals surface area contributed by atoms with Crippen molar-refractivity contribution in [1.82, 2.24) is 0 Å². The Labute approximate surface area is 163 Å². The number of halogens is 1. The van der Waals surface area contributed by atoms with Gasteiger partial charge in [-0.3, -0.25) is 0 Å². The first-order valence-corrected chi connectivity index (χ1v) is 9.59. The van der Waals surface area contributed by atoms with Crippen LogP contribution >= 0.6 is 15.9 Å². The van der Waals surface area contributed by atoms with Crippen LogP contribution in [-0.4, -0.2) is 13.2 Å². The number of para-hydroxylation sites is 2. The van der Waals surface area contributed by atoms with Gasteiger partial charge in [0.2, 0.25) is 0 Å². The lowest BCUT2D eigenvalue weighted by molar-refractivity contribution is 0.315. The first-order valence-electron chi connectivity index (χ1n) is 8.80. The molecule has 0 fully saturated rings. The maximum absolute atomic E-state index is 5.76. The predicted octanol–water partition coefficient (Wildman–Crippen LogP) is 5.94. The number of anilines is 2. The van der Waals surface area contributed by atoms with Crippen molar-refractivity contribution in [3.05, 3.63) is 88.9 Å². The van der Waals surface area contributed by atoms with Gasteiger partial charge in [-0.25, -0.2) is 0 Å². The molecule has 134 valence electrons. The van der Waals surface area contributed by atoms with Crippen LogP contribution in [0.25, 0.3) is 0 Å². The van der Waals surface area contributed by atoms with E-state index in [1.165, 1.54) is 5.56 Å². The molecule has 0 amide bonds. The van der Waals surface area contributed by atoms with Crippen molar-refractivity contribution >= 4 is 27.3 Å². The third-order valence-electron chi connectivity index (χ3n) is 3.97. The summed E-state index contributed by atoms with van der Waals surface area (Å²) in [6, 6.07) is 26.6. The SMILES string of the molecule is Brc1ccc(OCCCNc2ccccc2NCc2ccccc2)cc1. The number of nitrogens with one attached hydrogen (secondary N) is 2. The van der Waals surface area contributed by atoms with Crippen molar-refractivity contribution in [3.63, 3.8) is 0 Å². The fraction of sp³-hybridized carbons (Fsp3) is 0.182. The van der Waals surface area contributed by atoms with Crippen LogP contribution in [0.1, 0.15) is 12.0 Å². The second kappa shape index (κ2) is 9.88. The molecule has 0 aromatic heterocycles. The largest absolute Gasteiger partial charge is 0.494 e. The van der Waals surface area contributed by atoms with Gasteiger partial charge in [0.25, 0.3) is 0 Å². The molecule has 3 aromatic carbocycles. The van der Waals surface area contributed by atoms with Crippen LogP contribution in [0.15, 0.2) is 83.3 Å². The van der Waals surface area contributed by atoms with Crippen LogP contribution in [0.2, 0.25) is 0 Å². The summed E-state index contributed by atoms with van der Waals surface area (Å²) in [5.74, 6) is 0.901. The monoisotopic (exact) mass is 410 g/mol. The summed E-state index contributed by atoms with van der Waals surface area (Å²) in [7, 11) is 0. The van der Waals surface area contributed by atoms with Gasteiger partial charge in [-0.05, 0) is 48.4 Å². The minimum absolute atomic E-state index is 0.689. The Balaban J connectivity index is 1.43. The molecule has 3 rings (SSSR count). The molecule has 0 unspecified atom stereocenters. The van der Waals surface area contributed by atoms with Gasteiger partial charge in [0, 0.05) is 17.6 Å². The molecule has 0 heterocycles. The van der Waals surface area contributed by atoms with E-state index in [-0.39, 0.29) is 0 Å². The van der Waals surface area contributed by atoms with Gasteiger partial charge in [0.05, 0.1) is 18.0 Å². The molecule has 3 nitrogen and oxygen atoms in total. The van der Waals surface area contributed by atoms with E-state index >= 15 is 0 Å². The standard InChI is InChI=1S/C22H23BrN2O/c23-19-11-13-20(14-12-19)26-16-6-15-24-21-9-4-5-10-22(21)25-17-18-7-2-1-3-8-18/h1-5,7-14,24-25H,6,15-17H2. The zero-order valence-corrected chi connectivity index (χ0v) is 16.2. The van der Waals surface area contributed by atoms with Crippen molar-refractivity contribution in [3.8, 4) is 5.75 Å². The number of hydrogen-bond donors (Lipinski definition) is 2. The van der Waals surface area contributed by atoms with Crippen LogP contribution < -0.4 is 15.4 Å². The number of hydrogen-bond acceptors (Lipinski definition) is 3.